The van der Waals surface area contributed by atoms with Gasteiger partial charge in [0.05, 0.1) is 5.92 Å². The summed E-state index contributed by atoms with van der Waals surface area (Å²) in [6.07, 6.45) is 0. The first kappa shape index (κ1) is 12.6. The van der Waals surface area contributed by atoms with Gasteiger partial charge in [0.2, 0.25) is 0 Å². The third-order valence-corrected chi connectivity index (χ3v) is 3.78. The van der Waals surface area contributed by atoms with Crippen molar-refractivity contribution in [2.45, 2.75) is 6.92 Å². The molecule has 1 aliphatic rings. The molecule has 0 saturated carbocycles. The number of nitrogens with one attached hydrogen (secondary N) is 1. The van der Waals surface area contributed by atoms with E-state index in [0.717, 1.165) is 0 Å². The third-order valence-electron chi connectivity index (χ3n) is 3.78. The number of benzene rings is 1. The second-order valence-corrected chi connectivity index (χ2v) is 5.16. The molecule has 7 nitrogen and oxygen atoms in total. The first-order valence-electron chi connectivity index (χ1n) is 6.39. The van der Waals surface area contributed by atoms with Gasteiger partial charge in [-0.2, -0.15) is 15.4 Å². The minimum absolute atomic E-state index is 0.0350. The largest absolute Gasteiger partial charge is 0.481 e. The van der Waals surface area contributed by atoms with Crippen molar-refractivity contribution in [3.8, 4) is 0 Å². The van der Waals surface area contributed by atoms with Gasteiger partial charge in [0.1, 0.15) is 11.0 Å². The number of carbonyl (C=O) groups excluding carboxylic acids is 1. The van der Waals surface area contributed by atoms with E-state index < -0.39 is 11.9 Å². The van der Waals surface area contributed by atoms with Crippen LogP contribution in [0.3, 0.4) is 0 Å². The third kappa shape index (κ3) is 2.01. The molecule has 2 heterocycles. The number of aromatic amines is 1. The van der Waals surface area contributed by atoms with E-state index in [4.69, 9.17) is 5.11 Å². The van der Waals surface area contributed by atoms with Crippen LogP contribution in [0, 0.1) is 11.8 Å². The number of nitrogens with zero attached hydrogens (tertiary/aromatic N) is 3. The maximum atomic E-state index is 12.4. The van der Waals surface area contributed by atoms with Crippen LogP contribution in [0.1, 0.15) is 17.3 Å². The number of likely N-dealkylation sites (tertiary alicyclic amines) is 1. The molecule has 1 aromatic heterocycles. The van der Waals surface area contributed by atoms with Crippen molar-refractivity contribution in [2.24, 2.45) is 11.8 Å². The van der Waals surface area contributed by atoms with Crippen LogP contribution in [-0.4, -0.2) is 50.4 Å². The Hall–Kier alpha value is -2.44. The fourth-order valence-electron chi connectivity index (χ4n) is 2.61. The summed E-state index contributed by atoms with van der Waals surface area (Å²) in [5, 5.41) is 19.5. The zero-order valence-corrected chi connectivity index (χ0v) is 10.9. The van der Waals surface area contributed by atoms with Crippen molar-refractivity contribution in [3.05, 3.63) is 23.8 Å². The van der Waals surface area contributed by atoms with Gasteiger partial charge < -0.3 is 10.0 Å². The van der Waals surface area contributed by atoms with Crippen LogP contribution >= 0.6 is 0 Å². The molecule has 2 aromatic rings. The lowest BCUT2D eigenvalue weighted by Crippen LogP contribution is -2.29. The van der Waals surface area contributed by atoms with Crippen molar-refractivity contribution in [1.82, 2.24) is 20.3 Å². The van der Waals surface area contributed by atoms with Gasteiger partial charge in [-0.3, -0.25) is 9.59 Å². The molecular formula is C13H14N4O3. The Morgan fingerprint density at radius 2 is 2.05 bits per heavy atom. The SMILES string of the molecule is CC1CN(C(=O)c2ccc3n[nH]nc3c2)CC1C(=O)O. The van der Waals surface area contributed by atoms with Gasteiger partial charge in [-0.1, -0.05) is 6.92 Å². The number of carbonyl (C=O) groups is 2. The highest BCUT2D eigenvalue weighted by atomic mass is 16.4. The van der Waals surface area contributed by atoms with Gasteiger partial charge in [0, 0.05) is 18.7 Å². The average Bonchev–Trinajstić information content (AvgIpc) is 3.02. The zero-order chi connectivity index (χ0) is 14.3. The molecule has 2 unspecified atom stereocenters. The summed E-state index contributed by atoms with van der Waals surface area (Å²) >= 11 is 0. The summed E-state index contributed by atoms with van der Waals surface area (Å²) in [6, 6.07) is 5.08. The molecule has 1 amide bonds. The van der Waals surface area contributed by atoms with Gasteiger partial charge in [-0.05, 0) is 24.1 Å². The monoisotopic (exact) mass is 274 g/mol. The molecule has 3 rings (SSSR count). The Bertz CT molecular complexity index is 681. The van der Waals surface area contributed by atoms with Crippen LogP contribution in [0.4, 0.5) is 0 Å². The number of rotatable bonds is 2. The average molecular weight is 274 g/mol. The highest BCUT2D eigenvalue weighted by Gasteiger charge is 2.37. The van der Waals surface area contributed by atoms with Crippen LogP contribution in [-0.2, 0) is 4.79 Å². The van der Waals surface area contributed by atoms with Gasteiger partial charge in [0.25, 0.3) is 5.91 Å². The molecule has 1 fully saturated rings. The van der Waals surface area contributed by atoms with E-state index in [1.54, 1.807) is 23.1 Å². The first-order chi connectivity index (χ1) is 9.56. The molecule has 104 valence electrons. The summed E-state index contributed by atoms with van der Waals surface area (Å²) in [4.78, 5) is 25.1. The highest BCUT2D eigenvalue weighted by Crippen LogP contribution is 2.25. The molecule has 1 saturated heterocycles. The number of aromatic nitrogens is 3. The van der Waals surface area contributed by atoms with E-state index >= 15 is 0 Å². The maximum absolute atomic E-state index is 12.4. The summed E-state index contributed by atoms with van der Waals surface area (Å²) < 4.78 is 0. The van der Waals surface area contributed by atoms with E-state index in [2.05, 4.69) is 15.4 Å². The number of hydrogen-bond acceptors (Lipinski definition) is 4. The molecular weight excluding hydrogens is 260 g/mol. The van der Waals surface area contributed by atoms with Crippen LogP contribution in [0.2, 0.25) is 0 Å². The topological polar surface area (TPSA) is 99.2 Å². The molecule has 20 heavy (non-hydrogen) atoms. The Balaban J connectivity index is 1.84. The number of carboxylic acid groups (broad SMARTS) is 1. The van der Waals surface area contributed by atoms with E-state index in [1.807, 2.05) is 6.92 Å². The second kappa shape index (κ2) is 4.59. The standard InChI is InChI=1S/C13H14N4O3/c1-7-5-17(6-9(7)13(19)20)12(18)8-2-3-10-11(4-8)15-16-14-10/h2-4,7,9H,5-6H2,1H3,(H,19,20)(H,14,15,16). The van der Waals surface area contributed by atoms with Gasteiger partial charge in [0.15, 0.2) is 0 Å². The maximum Gasteiger partial charge on any atom is 0.308 e. The normalized spacial score (nSPS) is 22.4. The van der Waals surface area contributed by atoms with Crippen molar-refractivity contribution < 1.29 is 14.7 Å². The molecule has 7 heteroatoms. The molecule has 1 aliphatic heterocycles. The quantitative estimate of drug-likeness (QED) is 0.842. The number of H-pyrrole nitrogens is 1. The van der Waals surface area contributed by atoms with E-state index in [-0.39, 0.29) is 18.4 Å². The minimum Gasteiger partial charge on any atom is -0.481 e. The lowest BCUT2D eigenvalue weighted by atomic mass is 9.99. The predicted molar refractivity (Wildman–Crippen MR) is 70.1 cm³/mol. The van der Waals surface area contributed by atoms with Gasteiger partial charge in [-0.15, -0.1) is 0 Å². The van der Waals surface area contributed by atoms with Gasteiger partial charge >= 0.3 is 5.97 Å². The Labute approximate surface area is 114 Å². The number of hydrogen-bond donors (Lipinski definition) is 2. The van der Waals surface area contributed by atoms with Crippen molar-refractivity contribution in [2.75, 3.05) is 13.1 Å². The molecule has 0 aliphatic carbocycles. The minimum atomic E-state index is -0.847. The first-order valence-corrected chi connectivity index (χ1v) is 6.39. The van der Waals surface area contributed by atoms with Crippen molar-refractivity contribution in [3.63, 3.8) is 0 Å². The number of fused-ring (bicyclic) bond motifs is 1. The lowest BCUT2D eigenvalue weighted by molar-refractivity contribution is -0.142. The summed E-state index contributed by atoms with van der Waals surface area (Å²) in [5.41, 5.74) is 1.82. The Morgan fingerprint density at radius 1 is 1.30 bits per heavy atom. The lowest BCUT2D eigenvalue weighted by Gasteiger charge is -2.15. The smallest absolute Gasteiger partial charge is 0.308 e. The fourth-order valence-corrected chi connectivity index (χ4v) is 2.61. The molecule has 0 bridgehead atoms. The van der Waals surface area contributed by atoms with E-state index in [1.165, 1.54) is 0 Å². The zero-order valence-electron chi connectivity index (χ0n) is 10.9. The number of carboxylic acids is 1. The van der Waals surface area contributed by atoms with Crippen LogP contribution in [0.5, 0.6) is 0 Å². The Morgan fingerprint density at radius 3 is 2.75 bits per heavy atom. The fraction of sp³-hybridized carbons (Fsp3) is 0.385. The van der Waals surface area contributed by atoms with Crippen LogP contribution < -0.4 is 0 Å². The summed E-state index contributed by atoms with van der Waals surface area (Å²) in [7, 11) is 0. The van der Waals surface area contributed by atoms with Crippen LogP contribution in [0.25, 0.3) is 11.0 Å². The highest BCUT2D eigenvalue weighted by molar-refractivity contribution is 5.97. The van der Waals surface area contributed by atoms with E-state index in [9.17, 15) is 9.59 Å². The van der Waals surface area contributed by atoms with Crippen molar-refractivity contribution >= 4 is 22.9 Å². The van der Waals surface area contributed by atoms with Gasteiger partial charge in [-0.25, -0.2) is 0 Å². The molecule has 2 N–H and O–H groups in total. The van der Waals surface area contributed by atoms with Crippen LogP contribution in [0.15, 0.2) is 18.2 Å². The molecule has 2 atom stereocenters. The summed E-state index contributed by atoms with van der Waals surface area (Å²) in [6.45, 7) is 2.58. The van der Waals surface area contributed by atoms with Crippen molar-refractivity contribution in [1.29, 1.82) is 0 Å². The molecule has 0 spiro atoms. The Kier molecular flexibility index (Phi) is 2.89. The summed E-state index contributed by atoms with van der Waals surface area (Å²) in [5.74, 6) is -1.53. The number of amides is 1. The predicted octanol–water partition coefficient (Wildman–Crippen LogP) is 0.751. The number of aliphatic carboxylic acids is 1. The molecule has 0 radical (unpaired) electrons. The molecule has 1 aromatic carbocycles. The second-order valence-electron chi connectivity index (χ2n) is 5.16. The van der Waals surface area contributed by atoms with E-state index in [0.29, 0.717) is 23.1 Å².